The van der Waals surface area contributed by atoms with Gasteiger partial charge >= 0.3 is 0 Å². The minimum absolute atomic E-state index is 0.0624. The summed E-state index contributed by atoms with van der Waals surface area (Å²) in [5, 5.41) is 10.5. The van der Waals surface area contributed by atoms with Gasteiger partial charge in [0, 0.05) is 30.0 Å². The Labute approximate surface area is 126 Å². The van der Waals surface area contributed by atoms with Crippen molar-refractivity contribution >= 4 is 29.2 Å². The zero-order valence-corrected chi connectivity index (χ0v) is 12.1. The Morgan fingerprint density at radius 3 is 1.86 bits per heavy atom. The first-order chi connectivity index (χ1) is 10.1. The summed E-state index contributed by atoms with van der Waals surface area (Å²) in [6.07, 6.45) is 0. The molecule has 0 aliphatic heterocycles. The maximum absolute atomic E-state index is 10.5. The monoisotopic (exact) mass is 305 g/mol. The first kappa shape index (κ1) is 15.1. The fourth-order valence-electron chi connectivity index (χ4n) is 1.50. The fraction of sp³-hybridized carbons (Fsp3) is 0.0769. The van der Waals surface area contributed by atoms with Crippen molar-refractivity contribution in [2.45, 2.75) is 6.92 Å². The SMILES string of the molecule is Cc1ccc(NNSNNc2ccc([N+](=O)[O-])cc2)cc1. The van der Waals surface area contributed by atoms with E-state index in [1.54, 1.807) is 12.1 Å². The first-order valence-electron chi connectivity index (χ1n) is 6.14. The summed E-state index contributed by atoms with van der Waals surface area (Å²) < 4.78 is 0. The molecule has 2 aromatic rings. The van der Waals surface area contributed by atoms with Gasteiger partial charge < -0.3 is 10.9 Å². The molecular formula is C13H15N5O2S. The van der Waals surface area contributed by atoms with Crippen molar-refractivity contribution in [2.75, 3.05) is 10.9 Å². The number of aryl methyl sites for hydroxylation is 1. The molecule has 0 heterocycles. The molecule has 0 aromatic heterocycles. The van der Waals surface area contributed by atoms with E-state index in [0.717, 1.165) is 11.4 Å². The summed E-state index contributed by atoms with van der Waals surface area (Å²) in [5.74, 6) is 0. The molecule has 0 aliphatic carbocycles. The second-order valence-electron chi connectivity index (χ2n) is 4.23. The molecule has 110 valence electrons. The second-order valence-corrected chi connectivity index (χ2v) is 4.84. The quantitative estimate of drug-likeness (QED) is 0.270. The van der Waals surface area contributed by atoms with Crippen molar-refractivity contribution in [1.82, 2.24) is 9.66 Å². The van der Waals surface area contributed by atoms with Crippen LogP contribution in [0, 0.1) is 17.0 Å². The molecule has 0 bridgehead atoms. The highest BCUT2D eigenvalue weighted by Crippen LogP contribution is 2.14. The Morgan fingerprint density at radius 2 is 1.38 bits per heavy atom. The second kappa shape index (κ2) is 7.48. The van der Waals surface area contributed by atoms with E-state index < -0.39 is 4.92 Å². The van der Waals surface area contributed by atoms with E-state index in [4.69, 9.17) is 0 Å². The predicted molar refractivity (Wildman–Crippen MR) is 85.4 cm³/mol. The van der Waals surface area contributed by atoms with Gasteiger partial charge in [-0.2, -0.15) is 9.66 Å². The topological polar surface area (TPSA) is 91.3 Å². The normalized spacial score (nSPS) is 10.1. The molecule has 0 aliphatic rings. The minimum Gasteiger partial charge on any atom is -0.311 e. The lowest BCUT2D eigenvalue weighted by Crippen LogP contribution is -2.23. The highest BCUT2D eigenvalue weighted by atomic mass is 32.2. The van der Waals surface area contributed by atoms with Crippen molar-refractivity contribution in [2.24, 2.45) is 0 Å². The van der Waals surface area contributed by atoms with Crippen molar-refractivity contribution in [1.29, 1.82) is 0 Å². The van der Waals surface area contributed by atoms with Crippen LogP contribution in [0.25, 0.3) is 0 Å². The summed E-state index contributed by atoms with van der Waals surface area (Å²) in [7, 11) is 0. The number of benzene rings is 2. The van der Waals surface area contributed by atoms with Gasteiger partial charge in [0.1, 0.15) is 0 Å². The number of anilines is 2. The molecule has 0 fully saturated rings. The third-order valence-corrected chi connectivity index (χ3v) is 3.03. The van der Waals surface area contributed by atoms with Crippen LogP contribution in [0.15, 0.2) is 48.5 Å². The van der Waals surface area contributed by atoms with Crippen LogP contribution in [-0.4, -0.2) is 4.92 Å². The average molecular weight is 305 g/mol. The van der Waals surface area contributed by atoms with Crippen molar-refractivity contribution in [3.05, 3.63) is 64.2 Å². The van der Waals surface area contributed by atoms with Gasteiger partial charge in [0.05, 0.1) is 10.6 Å². The maximum Gasteiger partial charge on any atom is 0.269 e. The molecule has 2 rings (SSSR count). The van der Waals surface area contributed by atoms with Gasteiger partial charge in [-0.3, -0.25) is 10.1 Å². The van der Waals surface area contributed by atoms with E-state index in [1.165, 1.54) is 29.8 Å². The van der Waals surface area contributed by atoms with Gasteiger partial charge in [0.25, 0.3) is 5.69 Å². The van der Waals surface area contributed by atoms with Crippen molar-refractivity contribution in [3.63, 3.8) is 0 Å². The summed E-state index contributed by atoms with van der Waals surface area (Å²) in [4.78, 5) is 15.8. The number of rotatable bonds is 7. The Hall–Kier alpha value is -2.29. The molecule has 0 saturated carbocycles. The Kier molecular flexibility index (Phi) is 5.38. The number of non-ortho nitro benzene ring substituents is 1. The lowest BCUT2D eigenvalue weighted by molar-refractivity contribution is -0.384. The number of nitrogens with zero attached hydrogens (tertiary/aromatic N) is 1. The predicted octanol–water partition coefficient (Wildman–Crippen LogP) is 3.00. The molecule has 8 heteroatoms. The van der Waals surface area contributed by atoms with Crippen LogP contribution in [0.4, 0.5) is 17.1 Å². The van der Waals surface area contributed by atoms with Crippen LogP contribution in [0.2, 0.25) is 0 Å². The van der Waals surface area contributed by atoms with E-state index in [0.29, 0.717) is 0 Å². The van der Waals surface area contributed by atoms with E-state index in [-0.39, 0.29) is 5.69 Å². The van der Waals surface area contributed by atoms with Crippen LogP contribution in [0.5, 0.6) is 0 Å². The third kappa shape index (κ3) is 4.95. The molecular weight excluding hydrogens is 290 g/mol. The standard InChI is InChI=1S/C13H15N5O2S/c1-10-2-4-11(5-3-10)14-16-21-17-15-12-6-8-13(9-7-12)18(19)20/h2-9,14-17H,1H3. The van der Waals surface area contributed by atoms with Crippen LogP contribution < -0.4 is 20.5 Å². The van der Waals surface area contributed by atoms with Gasteiger partial charge in [0.15, 0.2) is 0 Å². The minimum atomic E-state index is -0.432. The van der Waals surface area contributed by atoms with Gasteiger partial charge in [0.2, 0.25) is 0 Å². The molecule has 0 amide bonds. The number of nitro benzene ring substituents is 1. The van der Waals surface area contributed by atoms with Crippen LogP contribution in [-0.2, 0) is 0 Å². The largest absolute Gasteiger partial charge is 0.311 e. The van der Waals surface area contributed by atoms with Crippen LogP contribution in [0.3, 0.4) is 0 Å². The Morgan fingerprint density at radius 1 is 0.905 bits per heavy atom. The van der Waals surface area contributed by atoms with Gasteiger partial charge in [-0.25, -0.2) is 0 Å². The number of nitro groups is 1. The highest BCUT2D eigenvalue weighted by molar-refractivity contribution is 7.95. The Balaban J connectivity index is 1.67. The highest BCUT2D eigenvalue weighted by Gasteiger charge is 2.03. The molecule has 0 spiro atoms. The number of hydrogen-bond donors (Lipinski definition) is 4. The van der Waals surface area contributed by atoms with Gasteiger partial charge in [-0.1, -0.05) is 17.7 Å². The summed E-state index contributed by atoms with van der Waals surface area (Å²) in [6, 6.07) is 14.1. The fourth-order valence-corrected chi connectivity index (χ4v) is 1.89. The van der Waals surface area contributed by atoms with Crippen molar-refractivity contribution < 1.29 is 4.92 Å². The Bertz CT molecular complexity index is 589. The molecule has 2 aromatic carbocycles. The van der Waals surface area contributed by atoms with Crippen molar-refractivity contribution in [3.8, 4) is 0 Å². The molecule has 0 saturated heterocycles. The molecule has 7 nitrogen and oxygen atoms in total. The average Bonchev–Trinajstić information content (AvgIpc) is 2.49. The lowest BCUT2D eigenvalue weighted by atomic mass is 10.2. The number of nitrogens with one attached hydrogen (secondary N) is 4. The smallest absolute Gasteiger partial charge is 0.269 e. The van der Waals surface area contributed by atoms with Gasteiger partial charge in [-0.15, -0.1) is 0 Å². The van der Waals surface area contributed by atoms with Crippen LogP contribution >= 0.6 is 12.1 Å². The summed E-state index contributed by atoms with van der Waals surface area (Å²) >= 11 is 1.20. The molecule has 0 radical (unpaired) electrons. The molecule has 0 unspecified atom stereocenters. The number of hydrazine groups is 2. The summed E-state index contributed by atoms with van der Waals surface area (Å²) in [6.45, 7) is 2.03. The van der Waals surface area contributed by atoms with E-state index in [9.17, 15) is 10.1 Å². The van der Waals surface area contributed by atoms with E-state index in [1.807, 2.05) is 31.2 Å². The maximum atomic E-state index is 10.5. The zero-order valence-electron chi connectivity index (χ0n) is 11.3. The molecule has 21 heavy (non-hydrogen) atoms. The van der Waals surface area contributed by atoms with Gasteiger partial charge in [-0.05, 0) is 31.2 Å². The van der Waals surface area contributed by atoms with E-state index in [2.05, 4.69) is 20.5 Å². The lowest BCUT2D eigenvalue weighted by Gasteiger charge is -2.10. The third-order valence-electron chi connectivity index (χ3n) is 2.62. The van der Waals surface area contributed by atoms with Crippen LogP contribution in [0.1, 0.15) is 5.56 Å². The zero-order chi connectivity index (χ0) is 15.1. The number of hydrogen-bond acceptors (Lipinski definition) is 7. The molecule has 4 N–H and O–H groups in total. The molecule has 0 atom stereocenters. The van der Waals surface area contributed by atoms with E-state index >= 15 is 0 Å². The summed E-state index contributed by atoms with van der Waals surface area (Å²) in [5.41, 5.74) is 8.84. The first-order valence-corrected chi connectivity index (χ1v) is 6.96.